The zero-order valence-electron chi connectivity index (χ0n) is 10.2. The van der Waals surface area contributed by atoms with Gasteiger partial charge in [-0.05, 0) is 25.1 Å². The molecule has 96 valence electrons. The molecule has 0 aliphatic heterocycles. The number of aryl methyl sites for hydroxylation is 1. The maximum atomic E-state index is 10.6. The lowest BCUT2D eigenvalue weighted by Gasteiger charge is -2.09. The predicted molar refractivity (Wildman–Crippen MR) is 71.4 cm³/mol. The van der Waals surface area contributed by atoms with Gasteiger partial charge in [-0.3, -0.25) is 9.36 Å². The van der Waals surface area contributed by atoms with Crippen molar-refractivity contribution in [1.29, 1.82) is 5.26 Å². The Morgan fingerprint density at radius 3 is 3.05 bits per heavy atom. The number of hydrogen-bond donors (Lipinski definition) is 1. The summed E-state index contributed by atoms with van der Waals surface area (Å²) in [7, 11) is 0. The maximum absolute atomic E-state index is 10.6. The number of nitrogens with zero attached hydrogens (tertiary/aromatic N) is 3. The van der Waals surface area contributed by atoms with Gasteiger partial charge in [0.25, 0.3) is 0 Å². The molecule has 19 heavy (non-hydrogen) atoms. The number of aliphatic carboxylic acids is 1. The van der Waals surface area contributed by atoms with Crippen LogP contribution in [0.3, 0.4) is 0 Å². The molecule has 2 rings (SSSR count). The van der Waals surface area contributed by atoms with Crippen LogP contribution in [0.15, 0.2) is 35.6 Å². The van der Waals surface area contributed by atoms with Crippen LogP contribution in [0.1, 0.15) is 11.3 Å². The number of nitriles is 1. The number of hydrogen-bond acceptors (Lipinski definition) is 4. The minimum Gasteiger partial charge on any atom is -0.481 e. The van der Waals surface area contributed by atoms with Gasteiger partial charge in [-0.2, -0.15) is 5.26 Å². The zero-order valence-corrected chi connectivity index (χ0v) is 11.0. The lowest BCUT2D eigenvalue weighted by Crippen LogP contribution is -2.03. The molecule has 0 aliphatic carbocycles. The quantitative estimate of drug-likeness (QED) is 0.864. The van der Waals surface area contributed by atoms with E-state index in [4.69, 9.17) is 10.4 Å². The van der Waals surface area contributed by atoms with E-state index in [0.29, 0.717) is 10.7 Å². The van der Waals surface area contributed by atoms with Crippen LogP contribution in [0, 0.1) is 18.3 Å². The van der Waals surface area contributed by atoms with Gasteiger partial charge < -0.3 is 5.11 Å². The van der Waals surface area contributed by atoms with Crippen molar-refractivity contribution in [2.75, 3.05) is 5.75 Å². The SMILES string of the molecule is Cc1cnc(SCC(=O)O)n1-c1cccc(C#N)c1. The summed E-state index contributed by atoms with van der Waals surface area (Å²) in [6, 6.07) is 9.21. The van der Waals surface area contributed by atoms with E-state index in [0.717, 1.165) is 23.1 Å². The summed E-state index contributed by atoms with van der Waals surface area (Å²) < 4.78 is 1.84. The Morgan fingerprint density at radius 1 is 1.58 bits per heavy atom. The van der Waals surface area contributed by atoms with E-state index in [-0.39, 0.29) is 5.75 Å². The van der Waals surface area contributed by atoms with E-state index in [1.165, 1.54) is 0 Å². The molecule has 0 unspecified atom stereocenters. The van der Waals surface area contributed by atoms with Crippen molar-refractivity contribution in [2.24, 2.45) is 0 Å². The summed E-state index contributed by atoms with van der Waals surface area (Å²) in [5.41, 5.74) is 2.25. The highest BCUT2D eigenvalue weighted by atomic mass is 32.2. The molecule has 2 aromatic rings. The molecular formula is C13H11N3O2S. The lowest BCUT2D eigenvalue weighted by atomic mass is 10.2. The number of benzene rings is 1. The van der Waals surface area contributed by atoms with Crippen molar-refractivity contribution in [3.05, 3.63) is 41.7 Å². The Labute approximate surface area is 114 Å². The molecule has 0 spiro atoms. The first-order valence-electron chi connectivity index (χ1n) is 5.51. The minimum atomic E-state index is -0.886. The fourth-order valence-electron chi connectivity index (χ4n) is 1.67. The van der Waals surface area contributed by atoms with Crippen molar-refractivity contribution in [3.8, 4) is 11.8 Å². The summed E-state index contributed by atoms with van der Waals surface area (Å²) in [6.45, 7) is 1.89. The second kappa shape index (κ2) is 5.59. The summed E-state index contributed by atoms with van der Waals surface area (Å²) in [6.07, 6.45) is 1.68. The summed E-state index contributed by atoms with van der Waals surface area (Å²) >= 11 is 1.15. The molecule has 0 saturated heterocycles. The monoisotopic (exact) mass is 273 g/mol. The van der Waals surface area contributed by atoms with Crippen molar-refractivity contribution in [2.45, 2.75) is 12.1 Å². The normalized spacial score (nSPS) is 10.1. The average Bonchev–Trinajstić information content (AvgIpc) is 2.77. The number of thioether (sulfide) groups is 1. The van der Waals surface area contributed by atoms with Crippen molar-refractivity contribution in [3.63, 3.8) is 0 Å². The summed E-state index contributed by atoms with van der Waals surface area (Å²) in [4.78, 5) is 14.8. The van der Waals surface area contributed by atoms with Gasteiger partial charge in [-0.1, -0.05) is 17.8 Å². The van der Waals surface area contributed by atoms with Gasteiger partial charge in [-0.25, -0.2) is 4.98 Å². The second-order valence-electron chi connectivity index (χ2n) is 3.86. The molecule has 6 heteroatoms. The zero-order chi connectivity index (χ0) is 13.8. The predicted octanol–water partition coefficient (Wildman–Crippen LogP) is 2.23. The highest BCUT2D eigenvalue weighted by molar-refractivity contribution is 7.99. The maximum Gasteiger partial charge on any atom is 0.313 e. The second-order valence-corrected chi connectivity index (χ2v) is 4.80. The van der Waals surface area contributed by atoms with Crippen molar-refractivity contribution in [1.82, 2.24) is 9.55 Å². The summed E-state index contributed by atoms with van der Waals surface area (Å²) in [5, 5.41) is 18.2. The lowest BCUT2D eigenvalue weighted by molar-refractivity contribution is -0.133. The Bertz CT molecular complexity index is 658. The Balaban J connectivity index is 2.40. The molecule has 0 amide bonds. The molecule has 1 heterocycles. The van der Waals surface area contributed by atoms with Crippen molar-refractivity contribution >= 4 is 17.7 Å². The van der Waals surface area contributed by atoms with Crippen LogP contribution in [0.5, 0.6) is 0 Å². The topological polar surface area (TPSA) is 78.9 Å². The van der Waals surface area contributed by atoms with Crippen LogP contribution in [0.25, 0.3) is 5.69 Å². The third-order valence-corrected chi connectivity index (χ3v) is 3.40. The highest BCUT2D eigenvalue weighted by Gasteiger charge is 2.11. The van der Waals surface area contributed by atoms with E-state index in [1.807, 2.05) is 17.6 Å². The molecule has 5 nitrogen and oxygen atoms in total. The Morgan fingerprint density at radius 2 is 2.37 bits per heavy atom. The number of carboxylic acid groups (broad SMARTS) is 1. The van der Waals surface area contributed by atoms with Crippen molar-refractivity contribution < 1.29 is 9.90 Å². The molecule has 0 fully saturated rings. The molecule has 0 atom stereocenters. The van der Waals surface area contributed by atoms with Gasteiger partial charge in [0.15, 0.2) is 5.16 Å². The first-order chi connectivity index (χ1) is 9.11. The highest BCUT2D eigenvalue weighted by Crippen LogP contribution is 2.23. The standard InChI is InChI=1S/C13H11N3O2S/c1-9-7-15-13(19-8-12(17)18)16(9)11-4-2-3-10(5-11)6-14/h2-5,7H,8H2,1H3,(H,17,18). The van der Waals surface area contributed by atoms with Gasteiger partial charge in [0.2, 0.25) is 0 Å². The van der Waals surface area contributed by atoms with E-state index in [9.17, 15) is 4.79 Å². The molecule has 0 bridgehead atoms. The van der Waals surface area contributed by atoms with Gasteiger partial charge >= 0.3 is 5.97 Å². The molecule has 0 aliphatic rings. The third kappa shape index (κ3) is 2.95. The molecule has 0 saturated carbocycles. The number of imidazole rings is 1. The average molecular weight is 273 g/mol. The fourth-order valence-corrected chi connectivity index (χ4v) is 2.43. The Kier molecular flexibility index (Phi) is 3.88. The Hall–Kier alpha value is -2.26. The fraction of sp³-hybridized carbons (Fsp3) is 0.154. The van der Waals surface area contributed by atoms with Gasteiger partial charge in [-0.15, -0.1) is 0 Å². The number of rotatable bonds is 4. The number of carbonyl (C=O) groups is 1. The third-order valence-electron chi connectivity index (χ3n) is 2.46. The summed E-state index contributed by atoms with van der Waals surface area (Å²) in [5.74, 6) is -0.933. The first-order valence-corrected chi connectivity index (χ1v) is 6.50. The van der Waals surface area contributed by atoms with Crippen LogP contribution < -0.4 is 0 Å². The first kappa shape index (κ1) is 13.2. The van der Waals surface area contributed by atoms with Crippen LogP contribution in [-0.4, -0.2) is 26.4 Å². The van der Waals surface area contributed by atoms with E-state index >= 15 is 0 Å². The van der Waals surface area contributed by atoms with E-state index < -0.39 is 5.97 Å². The molecule has 0 radical (unpaired) electrons. The number of aromatic nitrogens is 2. The molecule has 1 N–H and O–H groups in total. The van der Waals surface area contributed by atoms with Gasteiger partial charge in [0.1, 0.15) is 0 Å². The van der Waals surface area contributed by atoms with Gasteiger partial charge in [0, 0.05) is 17.6 Å². The smallest absolute Gasteiger partial charge is 0.313 e. The van der Waals surface area contributed by atoms with E-state index in [1.54, 1.807) is 24.4 Å². The van der Waals surface area contributed by atoms with Crippen LogP contribution in [-0.2, 0) is 4.79 Å². The number of carboxylic acids is 1. The van der Waals surface area contributed by atoms with E-state index in [2.05, 4.69) is 11.1 Å². The largest absolute Gasteiger partial charge is 0.481 e. The minimum absolute atomic E-state index is 0.0472. The van der Waals surface area contributed by atoms with Gasteiger partial charge in [0.05, 0.1) is 17.4 Å². The molecular weight excluding hydrogens is 262 g/mol. The van der Waals surface area contributed by atoms with Crippen LogP contribution >= 0.6 is 11.8 Å². The molecule has 1 aromatic heterocycles. The van der Waals surface area contributed by atoms with Crippen LogP contribution in [0.2, 0.25) is 0 Å². The molecule has 1 aromatic carbocycles. The van der Waals surface area contributed by atoms with Crippen LogP contribution in [0.4, 0.5) is 0 Å².